The molecule has 0 aliphatic carbocycles. The Morgan fingerprint density at radius 1 is 0.829 bits per heavy atom. The number of nitro groups is 3. The first-order valence-corrected chi connectivity index (χ1v) is 11.1. The Kier molecular flexibility index (Phi) is 9.40. The van der Waals surface area contributed by atoms with Gasteiger partial charge in [0.1, 0.15) is 0 Å². The minimum atomic E-state index is -0.916. The zero-order valence-electron chi connectivity index (χ0n) is 21.2. The van der Waals surface area contributed by atoms with Crippen molar-refractivity contribution in [3.63, 3.8) is 0 Å². The summed E-state index contributed by atoms with van der Waals surface area (Å²) >= 11 is 0. The lowest BCUT2D eigenvalue weighted by molar-refractivity contribution is -0.394. The van der Waals surface area contributed by atoms with E-state index in [1.54, 1.807) is 0 Å². The summed E-state index contributed by atoms with van der Waals surface area (Å²) in [6, 6.07) is 10.7. The van der Waals surface area contributed by atoms with E-state index in [-0.39, 0.29) is 28.5 Å². The largest absolute Gasteiger partial charge is 0.493 e. The number of methoxy groups -OCH3 is 2. The molecule has 0 heterocycles. The summed E-state index contributed by atoms with van der Waals surface area (Å²) < 4.78 is 20.6. The molecule has 3 aromatic rings. The number of hydrogen-bond donors (Lipinski definition) is 1. The Labute approximate surface area is 229 Å². The van der Waals surface area contributed by atoms with E-state index in [2.05, 4.69) is 10.5 Å². The number of nitrogens with zero attached hydrogens (tertiary/aromatic N) is 4. The van der Waals surface area contributed by atoms with Crippen molar-refractivity contribution in [3.05, 3.63) is 96.1 Å². The average molecular weight is 569 g/mol. The van der Waals surface area contributed by atoms with Crippen LogP contribution in [0.15, 0.2) is 59.7 Å². The first-order valence-electron chi connectivity index (χ1n) is 11.1. The number of non-ortho nitro benzene ring substituents is 2. The van der Waals surface area contributed by atoms with Crippen LogP contribution in [-0.2, 0) is 4.79 Å². The standard InChI is InChI=1S/C24H19N5O12/c1-38-20-9-14(3-8-19(20)41-24(31)15-4-6-16(7-5-15)27(32)33)12-25-26-22(30)13-40-23-18(29(36)37)10-17(28(34)35)11-21(23)39-2/h3-12H,13H2,1-2H3,(H,26,30)/b25-12-. The molecule has 0 spiro atoms. The van der Waals surface area contributed by atoms with Crippen molar-refractivity contribution in [2.24, 2.45) is 5.10 Å². The van der Waals surface area contributed by atoms with E-state index in [1.165, 1.54) is 43.7 Å². The molecule has 17 heteroatoms. The first kappa shape index (κ1) is 29.4. The topological polar surface area (TPSA) is 225 Å². The van der Waals surface area contributed by atoms with Gasteiger partial charge in [-0.2, -0.15) is 5.10 Å². The Morgan fingerprint density at radius 2 is 1.49 bits per heavy atom. The number of rotatable bonds is 12. The molecular weight excluding hydrogens is 550 g/mol. The minimum Gasteiger partial charge on any atom is -0.493 e. The van der Waals surface area contributed by atoms with Crippen LogP contribution in [0.2, 0.25) is 0 Å². The molecule has 1 N–H and O–H groups in total. The van der Waals surface area contributed by atoms with E-state index in [1.807, 2.05) is 0 Å². The van der Waals surface area contributed by atoms with Gasteiger partial charge in [0.15, 0.2) is 23.9 Å². The fraction of sp³-hybridized carbons (Fsp3) is 0.125. The van der Waals surface area contributed by atoms with Gasteiger partial charge in [-0.05, 0) is 35.9 Å². The van der Waals surface area contributed by atoms with Crippen molar-refractivity contribution in [2.45, 2.75) is 0 Å². The number of carbonyl (C=O) groups is 2. The number of benzene rings is 3. The predicted octanol–water partition coefficient (Wildman–Crippen LogP) is 3.18. The molecular formula is C24H19N5O12. The Morgan fingerprint density at radius 3 is 2.07 bits per heavy atom. The highest BCUT2D eigenvalue weighted by atomic mass is 16.6. The van der Waals surface area contributed by atoms with Crippen molar-refractivity contribution in [1.82, 2.24) is 5.43 Å². The predicted molar refractivity (Wildman–Crippen MR) is 139 cm³/mol. The van der Waals surface area contributed by atoms with Crippen LogP contribution >= 0.6 is 0 Å². The van der Waals surface area contributed by atoms with E-state index in [0.717, 1.165) is 25.3 Å². The highest BCUT2D eigenvalue weighted by molar-refractivity contribution is 5.92. The molecule has 0 fully saturated rings. The van der Waals surface area contributed by atoms with Gasteiger partial charge in [0.2, 0.25) is 5.75 Å². The maximum atomic E-state index is 12.4. The Balaban J connectivity index is 1.64. The maximum Gasteiger partial charge on any atom is 0.343 e. The van der Waals surface area contributed by atoms with Crippen molar-refractivity contribution >= 4 is 35.2 Å². The SMILES string of the molecule is COc1cc(/C=N\NC(=O)COc2c(OC)cc([N+](=O)[O-])cc2[N+](=O)[O-])ccc1OC(=O)c1ccc([N+](=O)[O-])cc1. The third-order valence-corrected chi connectivity index (χ3v) is 5.10. The van der Waals surface area contributed by atoms with Gasteiger partial charge in [-0.1, -0.05) is 0 Å². The van der Waals surface area contributed by atoms with Crippen LogP contribution < -0.4 is 24.4 Å². The molecule has 3 aromatic carbocycles. The summed E-state index contributed by atoms with van der Waals surface area (Å²) in [4.78, 5) is 55.3. The lowest BCUT2D eigenvalue weighted by Crippen LogP contribution is -2.25. The molecule has 1 amide bonds. The average Bonchev–Trinajstić information content (AvgIpc) is 2.96. The molecule has 0 saturated carbocycles. The number of nitro benzene ring substituents is 3. The number of amides is 1. The Bertz CT molecular complexity index is 1540. The number of carbonyl (C=O) groups excluding carboxylic acids is 2. The lowest BCUT2D eigenvalue weighted by atomic mass is 10.2. The summed E-state index contributed by atoms with van der Waals surface area (Å²) in [5, 5.41) is 36.9. The van der Waals surface area contributed by atoms with Crippen LogP contribution in [0, 0.1) is 30.3 Å². The zero-order chi connectivity index (χ0) is 30.1. The number of ether oxygens (including phenoxy) is 4. The molecule has 0 aromatic heterocycles. The second-order valence-corrected chi connectivity index (χ2v) is 7.70. The van der Waals surface area contributed by atoms with E-state index in [4.69, 9.17) is 18.9 Å². The van der Waals surface area contributed by atoms with Gasteiger partial charge in [-0.3, -0.25) is 35.1 Å². The lowest BCUT2D eigenvalue weighted by Gasteiger charge is -2.10. The van der Waals surface area contributed by atoms with E-state index in [9.17, 15) is 39.9 Å². The van der Waals surface area contributed by atoms with Gasteiger partial charge >= 0.3 is 11.7 Å². The van der Waals surface area contributed by atoms with Crippen molar-refractivity contribution < 1.29 is 43.3 Å². The van der Waals surface area contributed by atoms with Gasteiger partial charge in [-0.15, -0.1) is 0 Å². The summed E-state index contributed by atoms with van der Waals surface area (Å²) in [6.45, 7) is -0.743. The van der Waals surface area contributed by atoms with Crippen LogP contribution in [0.1, 0.15) is 15.9 Å². The molecule has 0 bridgehead atoms. The van der Waals surface area contributed by atoms with E-state index in [0.29, 0.717) is 11.6 Å². The smallest absolute Gasteiger partial charge is 0.343 e. The van der Waals surface area contributed by atoms with Crippen LogP contribution in [0.5, 0.6) is 23.0 Å². The number of hydrazone groups is 1. The highest BCUT2D eigenvalue weighted by Gasteiger charge is 2.27. The van der Waals surface area contributed by atoms with Gasteiger partial charge in [0.25, 0.3) is 17.3 Å². The van der Waals surface area contributed by atoms with E-state index < -0.39 is 50.4 Å². The highest BCUT2D eigenvalue weighted by Crippen LogP contribution is 2.40. The third kappa shape index (κ3) is 7.47. The van der Waals surface area contributed by atoms with Gasteiger partial charge in [0, 0.05) is 12.1 Å². The van der Waals surface area contributed by atoms with Crippen LogP contribution in [0.4, 0.5) is 17.1 Å². The summed E-state index contributed by atoms with van der Waals surface area (Å²) in [5.41, 5.74) is 1.07. The maximum absolute atomic E-state index is 12.4. The fourth-order valence-electron chi connectivity index (χ4n) is 3.19. The molecule has 0 unspecified atom stereocenters. The quantitative estimate of drug-likeness (QED) is 0.109. The number of hydrogen-bond acceptors (Lipinski definition) is 13. The third-order valence-electron chi connectivity index (χ3n) is 5.10. The van der Waals surface area contributed by atoms with Gasteiger partial charge in [0.05, 0.1) is 52.9 Å². The zero-order valence-corrected chi connectivity index (χ0v) is 21.2. The molecule has 0 atom stereocenters. The summed E-state index contributed by atoms with van der Waals surface area (Å²) in [5.74, 6) is -2.22. The molecule has 17 nitrogen and oxygen atoms in total. The second kappa shape index (κ2) is 13.1. The molecule has 0 aliphatic rings. The number of nitrogens with one attached hydrogen (secondary N) is 1. The van der Waals surface area contributed by atoms with Crippen LogP contribution in [-0.4, -0.2) is 53.7 Å². The minimum absolute atomic E-state index is 0.0454. The molecule has 3 rings (SSSR count). The first-order chi connectivity index (χ1) is 19.5. The number of esters is 1. The Hall–Kier alpha value is -6.13. The molecule has 41 heavy (non-hydrogen) atoms. The van der Waals surface area contributed by atoms with Crippen molar-refractivity contribution in [2.75, 3.05) is 20.8 Å². The van der Waals surface area contributed by atoms with Gasteiger partial charge in [-0.25, -0.2) is 10.2 Å². The molecule has 0 saturated heterocycles. The van der Waals surface area contributed by atoms with Crippen molar-refractivity contribution in [1.29, 1.82) is 0 Å². The van der Waals surface area contributed by atoms with Crippen molar-refractivity contribution in [3.8, 4) is 23.0 Å². The molecule has 212 valence electrons. The summed E-state index contributed by atoms with van der Waals surface area (Å²) in [7, 11) is 2.44. The van der Waals surface area contributed by atoms with E-state index >= 15 is 0 Å². The van der Waals surface area contributed by atoms with Crippen LogP contribution in [0.3, 0.4) is 0 Å². The normalized spacial score (nSPS) is 10.5. The fourth-order valence-corrected chi connectivity index (χ4v) is 3.19. The summed E-state index contributed by atoms with van der Waals surface area (Å²) in [6.07, 6.45) is 1.22. The monoisotopic (exact) mass is 569 g/mol. The second-order valence-electron chi connectivity index (χ2n) is 7.70. The van der Waals surface area contributed by atoms with Crippen LogP contribution in [0.25, 0.3) is 0 Å². The molecule has 0 radical (unpaired) electrons. The molecule has 0 aliphatic heterocycles. The van der Waals surface area contributed by atoms with Gasteiger partial charge < -0.3 is 18.9 Å².